The molecule has 2 aromatic rings. The van der Waals surface area contributed by atoms with Crippen LogP contribution in [0.5, 0.6) is 5.75 Å². The van der Waals surface area contributed by atoms with Crippen molar-refractivity contribution in [3.63, 3.8) is 0 Å². The van der Waals surface area contributed by atoms with E-state index in [1.165, 1.54) is 25.3 Å². The zero-order chi connectivity index (χ0) is 15.5. The molecule has 1 aromatic heterocycles. The SMILES string of the molecule is COc1ccc(F)cc1C(=O)N1CCOCC1c1ccn[nH]1. The molecule has 6 nitrogen and oxygen atoms in total. The number of morpholine rings is 1. The second-order valence-electron chi connectivity index (χ2n) is 4.95. The zero-order valence-corrected chi connectivity index (χ0v) is 12.1. The first-order valence-corrected chi connectivity index (χ1v) is 6.92. The van der Waals surface area contributed by atoms with Crippen LogP contribution >= 0.6 is 0 Å². The lowest BCUT2D eigenvalue weighted by Gasteiger charge is -2.35. The third-order valence-corrected chi connectivity index (χ3v) is 3.66. The molecule has 1 N–H and O–H groups in total. The smallest absolute Gasteiger partial charge is 0.258 e. The molecule has 116 valence electrons. The van der Waals surface area contributed by atoms with Crippen LogP contribution < -0.4 is 4.74 Å². The van der Waals surface area contributed by atoms with E-state index in [1.807, 2.05) is 0 Å². The largest absolute Gasteiger partial charge is 0.496 e. The summed E-state index contributed by atoms with van der Waals surface area (Å²) in [5.74, 6) is -0.420. The summed E-state index contributed by atoms with van der Waals surface area (Å²) in [7, 11) is 1.45. The molecule has 3 rings (SSSR count). The highest BCUT2D eigenvalue weighted by atomic mass is 19.1. The van der Waals surface area contributed by atoms with E-state index >= 15 is 0 Å². The van der Waals surface area contributed by atoms with Crippen molar-refractivity contribution in [2.75, 3.05) is 26.9 Å². The van der Waals surface area contributed by atoms with E-state index in [0.29, 0.717) is 25.5 Å². The van der Waals surface area contributed by atoms with Gasteiger partial charge in [0.05, 0.1) is 37.6 Å². The fourth-order valence-corrected chi connectivity index (χ4v) is 2.56. The lowest BCUT2D eigenvalue weighted by atomic mass is 10.1. The average Bonchev–Trinajstić information content (AvgIpc) is 3.08. The Bertz CT molecular complexity index is 660. The van der Waals surface area contributed by atoms with Crippen LogP contribution in [0.3, 0.4) is 0 Å². The lowest BCUT2D eigenvalue weighted by Crippen LogP contribution is -2.43. The molecule has 1 atom stereocenters. The van der Waals surface area contributed by atoms with Crippen molar-refractivity contribution >= 4 is 5.91 Å². The predicted molar refractivity (Wildman–Crippen MR) is 76.1 cm³/mol. The highest BCUT2D eigenvalue weighted by Gasteiger charge is 2.31. The number of methoxy groups -OCH3 is 1. The monoisotopic (exact) mass is 305 g/mol. The molecular weight excluding hydrogens is 289 g/mol. The van der Waals surface area contributed by atoms with Crippen LogP contribution in [0.15, 0.2) is 30.5 Å². The number of hydrogen-bond acceptors (Lipinski definition) is 4. The van der Waals surface area contributed by atoms with Crippen molar-refractivity contribution in [1.29, 1.82) is 0 Å². The maximum Gasteiger partial charge on any atom is 0.258 e. The minimum Gasteiger partial charge on any atom is -0.496 e. The average molecular weight is 305 g/mol. The number of nitrogens with zero attached hydrogens (tertiary/aromatic N) is 2. The van der Waals surface area contributed by atoms with Crippen molar-refractivity contribution in [3.05, 3.63) is 47.5 Å². The van der Waals surface area contributed by atoms with Crippen molar-refractivity contribution in [1.82, 2.24) is 15.1 Å². The van der Waals surface area contributed by atoms with Gasteiger partial charge in [0.15, 0.2) is 0 Å². The first-order chi connectivity index (χ1) is 10.7. The summed E-state index contributed by atoms with van der Waals surface area (Å²) in [6.45, 7) is 1.22. The Morgan fingerprint density at radius 1 is 1.50 bits per heavy atom. The number of halogens is 1. The number of carbonyl (C=O) groups excluding carboxylic acids is 1. The van der Waals surface area contributed by atoms with Gasteiger partial charge < -0.3 is 14.4 Å². The molecule has 1 unspecified atom stereocenters. The molecule has 1 amide bonds. The Morgan fingerprint density at radius 2 is 2.36 bits per heavy atom. The van der Waals surface area contributed by atoms with Crippen LogP contribution in [0, 0.1) is 5.82 Å². The summed E-state index contributed by atoms with van der Waals surface area (Å²) in [5.41, 5.74) is 0.984. The predicted octanol–water partition coefficient (Wildman–Crippen LogP) is 1.77. The van der Waals surface area contributed by atoms with Crippen molar-refractivity contribution in [3.8, 4) is 5.75 Å². The maximum absolute atomic E-state index is 13.5. The van der Waals surface area contributed by atoms with Crippen LogP contribution in [0.1, 0.15) is 22.1 Å². The van der Waals surface area contributed by atoms with Crippen LogP contribution in [-0.4, -0.2) is 47.9 Å². The Hall–Kier alpha value is -2.41. The van der Waals surface area contributed by atoms with E-state index in [2.05, 4.69) is 10.2 Å². The number of carbonyl (C=O) groups is 1. The fourth-order valence-electron chi connectivity index (χ4n) is 2.56. The number of amides is 1. The third-order valence-electron chi connectivity index (χ3n) is 3.66. The van der Waals surface area contributed by atoms with Gasteiger partial charge in [0.25, 0.3) is 5.91 Å². The number of hydrogen-bond donors (Lipinski definition) is 1. The first-order valence-electron chi connectivity index (χ1n) is 6.92. The summed E-state index contributed by atoms with van der Waals surface area (Å²) in [6.07, 6.45) is 1.62. The third kappa shape index (κ3) is 2.67. The van der Waals surface area contributed by atoms with Gasteiger partial charge in [0.1, 0.15) is 11.6 Å². The molecule has 7 heteroatoms. The first kappa shape index (κ1) is 14.5. The number of H-pyrrole nitrogens is 1. The normalized spacial score (nSPS) is 18.3. The molecule has 2 heterocycles. The van der Waals surface area contributed by atoms with Gasteiger partial charge in [-0.1, -0.05) is 0 Å². The van der Waals surface area contributed by atoms with Gasteiger partial charge in [-0.25, -0.2) is 4.39 Å². The minimum absolute atomic E-state index is 0.203. The molecule has 1 aliphatic heterocycles. The van der Waals surface area contributed by atoms with Gasteiger partial charge in [-0.15, -0.1) is 0 Å². The van der Waals surface area contributed by atoms with E-state index in [4.69, 9.17) is 9.47 Å². The molecule has 0 saturated carbocycles. The van der Waals surface area contributed by atoms with Crippen LogP contribution in [0.2, 0.25) is 0 Å². The molecular formula is C15H16FN3O3. The zero-order valence-electron chi connectivity index (χ0n) is 12.1. The highest BCUT2D eigenvalue weighted by molar-refractivity contribution is 5.97. The van der Waals surface area contributed by atoms with E-state index in [0.717, 1.165) is 5.69 Å². The second-order valence-corrected chi connectivity index (χ2v) is 4.95. The second kappa shape index (κ2) is 6.15. The van der Waals surface area contributed by atoms with Crippen molar-refractivity contribution < 1.29 is 18.7 Å². The molecule has 1 aliphatic rings. The molecule has 0 spiro atoms. The number of nitrogens with one attached hydrogen (secondary N) is 1. The van der Waals surface area contributed by atoms with E-state index in [9.17, 15) is 9.18 Å². The molecule has 1 saturated heterocycles. The Labute approximate surface area is 126 Å². The molecule has 1 aromatic carbocycles. The van der Waals surface area contributed by atoms with Crippen molar-refractivity contribution in [2.45, 2.75) is 6.04 Å². The number of aromatic amines is 1. The van der Waals surface area contributed by atoms with Gasteiger partial charge >= 0.3 is 0 Å². The molecule has 1 fully saturated rings. The van der Waals surface area contributed by atoms with E-state index in [1.54, 1.807) is 17.2 Å². The van der Waals surface area contributed by atoms with E-state index in [-0.39, 0.29) is 17.5 Å². The fraction of sp³-hybridized carbons (Fsp3) is 0.333. The molecule has 0 bridgehead atoms. The van der Waals surface area contributed by atoms with Crippen molar-refractivity contribution in [2.24, 2.45) is 0 Å². The number of aromatic nitrogens is 2. The van der Waals surface area contributed by atoms with Crippen LogP contribution in [0.25, 0.3) is 0 Å². The molecule has 0 radical (unpaired) electrons. The van der Waals surface area contributed by atoms with Crippen LogP contribution in [0.4, 0.5) is 4.39 Å². The maximum atomic E-state index is 13.5. The Morgan fingerprint density at radius 3 is 3.09 bits per heavy atom. The summed E-state index contributed by atoms with van der Waals surface area (Å²) >= 11 is 0. The minimum atomic E-state index is -0.476. The topological polar surface area (TPSA) is 67.4 Å². The van der Waals surface area contributed by atoms with Gasteiger partial charge in [-0.3, -0.25) is 9.89 Å². The summed E-state index contributed by atoms with van der Waals surface area (Å²) < 4.78 is 24.1. The Kier molecular flexibility index (Phi) is 4.06. The number of ether oxygens (including phenoxy) is 2. The summed E-state index contributed by atoms with van der Waals surface area (Å²) in [6, 6.07) is 5.43. The number of rotatable bonds is 3. The standard InChI is InChI=1S/C15H16FN3O3/c1-21-14-3-2-10(16)8-11(14)15(20)19-6-7-22-9-13(19)12-4-5-17-18-12/h2-5,8,13H,6-7,9H2,1H3,(H,17,18). The van der Waals surface area contributed by atoms with Gasteiger partial charge in [-0.05, 0) is 24.3 Å². The Balaban J connectivity index is 1.94. The lowest BCUT2D eigenvalue weighted by molar-refractivity contribution is -0.00407. The van der Waals surface area contributed by atoms with Crippen LogP contribution in [-0.2, 0) is 4.74 Å². The number of benzene rings is 1. The van der Waals surface area contributed by atoms with Gasteiger partial charge in [0.2, 0.25) is 0 Å². The van der Waals surface area contributed by atoms with Gasteiger partial charge in [0, 0.05) is 12.7 Å². The summed E-state index contributed by atoms with van der Waals surface area (Å²) in [4.78, 5) is 14.5. The van der Waals surface area contributed by atoms with E-state index < -0.39 is 5.82 Å². The molecule has 22 heavy (non-hydrogen) atoms. The summed E-state index contributed by atoms with van der Waals surface area (Å²) in [5, 5.41) is 6.76. The van der Waals surface area contributed by atoms with Gasteiger partial charge in [-0.2, -0.15) is 5.10 Å². The quantitative estimate of drug-likeness (QED) is 0.938. The highest BCUT2D eigenvalue weighted by Crippen LogP contribution is 2.28. The molecule has 0 aliphatic carbocycles.